The molecule has 0 aliphatic rings. The highest BCUT2D eigenvalue weighted by Gasteiger charge is 2.19. The third kappa shape index (κ3) is 5.02. The first-order valence-corrected chi connectivity index (χ1v) is 12.4. The van der Waals surface area contributed by atoms with E-state index in [9.17, 15) is 9.59 Å². The topological polar surface area (TPSA) is 88.9 Å². The molecule has 176 valence electrons. The highest BCUT2D eigenvalue weighted by Crippen LogP contribution is 2.29. The second-order valence-electron chi connectivity index (χ2n) is 8.62. The van der Waals surface area contributed by atoms with E-state index in [-0.39, 0.29) is 23.9 Å². The average Bonchev–Trinajstić information content (AvgIpc) is 3.52. The molecule has 7 nitrogen and oxygen atoms in total. The molecule has 3 aromatic heterocycles. The fourth-order valence-corrected chi connectivity index (χ4v) is 4.33. The summed E-state index contributed by atoms with van der Waals surface area (Å²) in [5.41, 5.74) is 3.41. The highest BCUT2D eigenvalue weighted by molar-refractivity contribution is 7.13. The maximum atomic E-state index is 13.3. The van der Waals surface area contributed by atoms with Crippen LogP contribution in [0.1, 0.15) is 66.4 Å². The number of carbonyl (C=O) groups excluding carboxylic acids is 2. The molecule has 0 saturated carbocycles. The number of nitrogens with one attached hydrogen (secondary N) is 2. The molecule has 0 saturated heterocycles. The Labute approximate surface area is 203 Å². The van der Waals surface area contributed by atoms with Gasteiger partial charge in [-0.1, -0.05) is 25.1 Å². The Morgan fingerprint density at radius 2 is 1.91 bits per heavy atom. The summed E-state index contributed by atoms with van der Waals surface area (Å²) in [7, 11) is 0. The summed E-state index contributed by atoms with van der Waals surface area (Å²) in [6.45, 7) is 8.39. The number of amides is 2. The van der Waals surface area contributed by atoms with E-state index in [1.54, 1.807) is 23.6 Å². The SMILES string of the molecule is CCC(C)NC(=O)c1cccc(CNC(=O)c2cc(-c3cccs3)nc3c2cnn3C(C)C)c1. The molecule has 8 heteroatoms. The third-order valence-electron chi connectivity index (χ3n) is 5.71. The number of hydrogen-bond acceptors (Lipinski definition) is 5. The molecule has 3 heterocycles. The lowest BCUT2D eigenvalue weighted by atomic mass is 10.1. The van der Waals surface area contributed by atoms with Crippen LogP contribution >= 0.6 is 11.3 Å². The summed E-state index contributed by atoms with van der Waals surface area (Å²) >= 11 is 1.58. The van der Waals surface area contributed by atoms with Gasteiger partial charge in [-0.2, -0.15) is 5.10 Å². The van der Waals surface area contributed by atoms with Crippen LogP contribution in [0.2, 0.25) is 0 Å². The van der Waals surface area contributed by atoms with Crippen LogP contribution in [0.3, 0.4) is 0 Å². The maximum Gasteiger partial charge on any atom is 0.252 e. The highest BCUT2D eigenvalue weighted by atomic mass is 32.1. The van der Waals surface area contributed by atoms with Crippen LogP contribution in [0.15, 0.2) is 54.0 Å². The smallest absolute Gasteiger partial charge is 0.252 e. The second-order valence-corrected chi connectivity index (χ2v) is 9.57. The number of hydrogen-bond donors (Lipinski definition) is 2. The fourth-order valence-electron chi connectivity index (χ4n) is 3.64. The molecule has 1 atom stereocenters. The van der Waals surface area contributed by atoms with Crippen LogP contribution in [-0.4, -0.2) is 32.6 Å². The lowest BCUT2D eigenvalue weighted by Gasteiger charge is -2.13. The van der Waals surface area contributed by atoms with Crippen molar-refractivity contribution in [1.29, 1.82) is 0 Å². The minimum Gasteiger partial charge on any atom is -0.350 e. The minimum atomic E-state index is -0.206. The van der Waals surface area contributed by atoms with Gasteiger partial charge in [-0.3, -0.25) is 9.59 Å². The molecule has 0 spiro atoms. The van der Waals surface area contributed by atoms with Gasteiger partial charge in [-0.25, -0.2) is 9.67 Å². The van der Waals surface area contributed by atoms with Crippen molar-refractivity contribution in [2.75, 3.05) is 0 Å². The molecule has 0 radical (unpaired) electrons. The van der Waals surface area contributed by atoms with Crippen LogP contribution in [0.5, 0.6) is 0 Å². The van der Waals surface area contributed by atoms with Crippen LogP contribution in [0.4, 0.5) is 0 Å². The van der Waals surface area contributed by atoms with E-state index < -0.39 is 0 Å². The van der Waals surface area contributed by atoms with Crippen molar-refractivity contribution >= 4 is 34.2 Å². The first-order valence-electron chi connectivity index (χ1n) is 11.5. The molecular formula is C26H29N5O2S. The summed E-state index contributed by atoms with van der Waals surface area (Å²) in [6.07, 6.45) is 2.57. The van der Waals surface area contributed by atoms with Gasteiger partial charge < -0.3 is 10.6 Å². The number of nitrogens with zero attached hydrogens (tertiary/aromatic N) is 3. The van der Waals surface area contributed by atoms with Crippen molar-refractivity contribution in [1.82, 2.24) is 25.4 Å². The molecule has 0 bridgehead atoms. The number of fused-ring (bicyclic) bond motifs is 1. The van der Waals surface area contributed by atoms with Gasteiger partial charge in [0.05, 0.1) is 27.7 Å². The van der Waals surface area contributed by atoms with Crippen molar-refractivity contribution in [3.63, 3.8) is 0 Å². The Morgan fingerprint density at radius 1 is 1.09 bits per heavy atom. The van der Waals surface area contributed by atoms with Crippen molar-refractivity contribution in [3.05, 3.63) is 70.7 Å². The molecule has 0 aliphatic heterocycles. The number of aromatic nitrogens is 3. The predicted molar refractivity (Wildman–Crippen MR) is 136 cm³/mol. The van der Waals surface area contributed by atoms with Gasteiger partial charge in [0, 0.05) is 24.2 Å². The number of carbonyl (C=O) groups is 2. The zero-order valence-electron chi connectivity index (χ0n) is 19.8. The lowest BCUT2D eigenvalue weighted by Crippen LogP contribution is -2.32. The standard InChI is InChI=1S/C26H29N5O2S/c1-5-17(4)29-25(32)19-9-6-8-18(12-19)14-27-26(33)20-13-22(23-10-7-11-34-23)30-24-21(20)15-28-31(24)16(2)3/h6-13,15-17H,5,14H2,1-4H3,(H,27,33)(H,29,32). The van der Waals surface area contributed by atoms with E-state index in [1.807, 2.05) is 74.2 Å². The molecule has 1 aromatic carbocycles. The quantitative estimate of drug-likeness (QED) is 0.367. The Bertz CT molecular complexity index is 1310. The number of rotatable bonds is 8. The first kappa shape index (κ1) is 23.6. The van der Waals surface area contributed by atoms with Gasteiger partial charge in [0.1, 0.15) is 0 Å². The van der Waals surface area contributed by atoms with Gasteiger partial charge in [0.25, 0.3) is 11.8 Å². The monoisotopic (exact) mass is 475 g/mol. The van der Waals surface area contributed by atoms with Gasteiger partial charge in [-0.15, -0.1) is 11.3 Å². The Hall–Kier alpha value is -3.52. The van der Waals surface area contributed by atoms with Gasteiger partial charge >= 0.3 is 0 Å². The first-order chi connectivity index (χ1) is 16.4. The normalized spacial score (nSPS) is 12.1. The summed E-state index contributed by atoms with van der Waals surface area (Å²) in [6, 6.07) is 13.3. The molecule has 0 aliphatic carbocycles. The van der Waals surface area contributed by atoms with Crippen molar-refractivity contribution in [2.45, 2.75) is 52.7 Å². The van der Waals surface area contributed by atoms with E-state index in [0.717, 1.165) is 22.6 Å². The zero-order valence-corrected chi connectivity index (χ0v) is 20.6. The van der Waals surface area contributed by atoms with Gasteiger partial charge in [0.15, 0.2) is 5.65 Å². The van der Waals surface area contributed by atoms with Crippen LogP contribution < -0.4 is 10.6 Å². The third-order valence-corrected chi connectivity index (χ3v) is 6.60. The van der Waals surface area contributed by atoms with E-state index in [0.29, 0.717) is 28.7 Å². The molecule has 1 unspecified atom stereocenters. The van der Waals surface area contributed by atoms with Gasteiger partial charge in [0.2, 0.25) is 0 Å². The van der Waals surface area contributed by atoms with Crippen LogP contribution in [-0.2, 0) is 6.54 Å². The summed E-state index contributed by atoms with van der Waals surface area (Å²) in [4.78, 5) is 31.6. The molecule has 4 aromatic rings. The lowest BCUT2D eigenvalue weighted by molar-refractivity contribution is 0.0937. The Morgan fingerprint density at radius 3 is 2.62 bits per heavy atom. The number of thiophene rings is 1. The zero-order chi connectivity index (χ0) is 24.2. The molecule has 34 heavy (non-hydrogen) atoms. The van der Waals surface area contributed by atoms with Crippen molar-refractivity contribution in [3.8, 4) is 10.6 Å². The minimum absolute atomic E-state index is 0.106. The molecule has 4 rings (SSSR count). The van der Waals surface area contributed by atoms with Crippen LogP contribution in [0.25, 0.3) is 21.6 Å². The summed E-state index contributed by atoms with van der Waals surface area (Å²) in [5, 5.41) is 13.2. The average molecular weight is 476 g/mol. The maximum absolute atomic E-state index is 13.3. The van der Waals surface area contributed by atoms with E-state index in [4.69, 9.17) is 4.98 Å². The number of benzene rings is 1. The molecule has 2 N–H and O–H groups in total. The van der Waals surface area contributed by atoms with Crippen LogP contribution in [0, 0.1) is 0 Å². The molecular weight excluding hydrogens is 446 g/mol. The van der Waals surface area contributed by atoms with E-state index in [1.165, 1.54) is 0 Å². The summed E-state index contributed by atoms with van der Waals surface area (Å²) < 4.78 is 1.84. The Balaban J connectivity index is 1.59. The summed E-state index contributed by atoms with van der Waals surface area (Å²) in [5.74, 6) is -0.317. The van der Waals surface area contributed by atoms with Gasteiger partial charge in [-0.05, 0) is 62.4 Å². The second kappa shape index (κ2) is 10.2. The largest absolute Gasteiger partial charge is 0.350 e. The number of pyridine rings is 1. The fraction of sp³-hybridized carbons (Fsp3) is 0.308. The van der Waals surface area contributed by atoms with Crippen molar-refractivity contribution < 1.29 is 9.59 Å². The predicted octanol–water partition coefficient (Wildman–Crippen LogP) is 5.20. The molecule has 0 fully saturated rings. The molecule has 2 amide bonds. The van der Waals surface area contributed by atoms with Crippen molar-refractivity contribution in [2.24, 2.45) is 0 Å². The van der Waals surface area contributed by atoms with E-state index in [2.05, 4.69) is 15.7 Å². The Kier molecular flexibility index (Phi) is 7.07. The van der Waals surface area contributed by atoms with E-state index >= 15 is 0 Å².